The number of rotatable bonds is 7. The molecule has 1 heterocycles. The fourth-order valence-electron chi connectivity index (χ4n) is 1.98. The van der Waals surface area contributed by atoms with Crippen LogP contribution in [0.3, 0.4) is 0 Å². The van der Waals surface area contributed by atoms with Gasteiger partial charge in [0.15, 0.2) is 4.08 Å². The van der Waals surface area contributed by atoms with Crippen molar-refractivity contribution in [2.75, 3.05) is 18.1 Å². The van der Waals surface area contributed by atoms with Crippen LogP contribution in [0.1, 0.15) is 47.5 Å². The molecule has 3 nitrogen and oxygen atoms in total. The van der Waals surface area contributed by atoms with Gasteiger partial charge < -0.3 is 4.74 Å². The van der Waals surface area contributed by atoms with Crippen molar-refractivity contribution in [3.63, 3.8) is 0 Å². The van der Waals surface area contributed by atoms with Crippen LogP contribution in [0.2, 0.25) is 0 Å². The first-order valence-corrected chi connectivity index (χ1v) is 10.0. The number of carbonyl (C=O) groups excluding carboxylic acids is 1. The molecule has 1 saturated heterocycles. The molecule has 0 saturated carbocycles. The molecule has 0 bridgehead atoms. The number of esters is 1. The summed E-state index contributed by atoms with van der Waals surface area (Å²) >= 11 is 5.22. The molecule has 1 unspecified atom stereocenters. The summed E-state index contributed by atoms with van der Waals surface area (Å²) in [5.74, 6) is 1.98. The zero-order valence-corrected chi connectivity index (χ0v) is 15.6. The highest BCUT2D eigenvalue weighted by atomic mass is 32.2. The third-order valence-corrected chi connectivity index (χ3v) is 7.38. The summed E-state index contributed by atoms with van der Waals surface area (Å²) in [5.41, 5.74) is 0. The summed E-state index contributed by atoms with van der Waals surface area (Å²) in [7, 11) is 0. The molecule has 1 aliphatic heterocycles. The van der Waals surface area contributed by atoms with Crippen LogP contribution in [-0.4, -0.2) is 38.9 Å². The molecular weight excluding hydrogens is 310 g/mol. The molecule has 1 N–H and O–H groups in total. The van der Waals surface area contributed by atoms with Gasteiger partial charge in [-0.05, 0) is 34.1 Å². The Labute approximate surface area is 136 Å². The SMILES string of the molecule is CCCC(NSC(C)(C)C)C1(C(=O)OCC)SCCS1. The standard InChI is InChI=1S/C14H27NO2S3/c1-6-8-11(15-20-13(3,4)5)14(12(16)17-7-2)18-9-10-19-14/h11,15H,6-10H2,1-5H3. The van der Waals surface area contributed by atoms with E-state index in [1.54, 1.807) is 35.5 Å². The van der Waals surface area contributed by atoms with E-state index in [1.165, 1.54) is 0 Å². The molecule has 1 rings (SSSR count). The molecule has 0 aromatic heterocycles. The predicted molar refractivity (Wildman–Crippen MR) is 93.5 cm³/mol. The summed E-state index contributed by atoms with van der Waals surface area (Å²) < 4.78 is 8.58. The van der Waals surface area contributed by atoms with Gasteiger partial charge in [0.05, 0.1) is 12.6 Å². The van der Waals surface area contributed by atoms with Crippen molar-refractivity contribution in [3.05, 3.63) is 0 Å². The van der Waals surface area contributed by atoms with Crippen LogP contribution in [0.25, 0.3) is 0 Å². The highest BCUT2D eigenvalue weighted by Gasteiger charge is 2.50. The Kier molecular flexibility index (Phi) is 7.60. The summed E-state index contributed by atoms with van der Waals surface area (Å²) in [5, 5.41) is 0. The highest BCUT2D eigenvalue weighted by molar-refractivity contribution is 8.22. The minimum Gasteiger partial charge on any atom is -0.464 e. The van der Waals surface area contributed by atoms with Crippen LogP contribution >= 0.6 is 35.5 Å². The van der Waals surface area contributed by atoms with Crippen LogP contribution in [-0.2, 0) is 9.53 Å². The lowest BCUT2D eigenvalue weighted by atomic mass is 10.1. The molecule has 0 aromatic rings. The van der Waals surface area contributed by atoms with E-state index in [2.05, 4.69) is 32.4 Å². The van der Waals surface area contributed by atoms with E-state index in [-0.39, 0.29) is 16.8 Å². The van der Waals surface area contributed by atoms with E-state index < -0.39 is 4.08 Å². The molecule has 0 spiro atoms. The van der Waals surface area contributed by atoms with Crippen LogP contribution in [0.4, 0.5) is 0 Å². The number of nitrogens with one attached hydrogen (secondary N) is 1. The number of hydrogen-bond donors (Lipinski definition) is 1. The van der Waals surface area contributed by atoms with Gasteiger partial charge in [0.25, 0.3) is 0 Å². The molecule has 0 aromatic carbocycles. The zero-order chi connectivity index (χ0) is 15.2. The fraction of sp³-hybridized carbons (Fsp3) is 0.929. The van der Waals surface area contributed by atoms with Crippen molar-refractivity contribution in [3.8, 4) is 0 Å². The summed E-state index contributed by atoms with van der Waals surface area (Å²) in [4.78, 5) is 12.5. The Morgan fingerprint density at radius 1 is 1.35 bits per heavy atom. The summed E-state index contributed by atoms with van der Waals surface area (Å²) in [6.07, 6.45) is 2.05. The molecule has 6 heteroatoms. The van der Waals surface area contributed by atoms with Crippen molar-refractivity contribution < 1.29 is 9.53 Å². The first-order valence-electron chi connectivity index (χ1n) is 7.24. The summed E-state index contributed by atoms with van der Waals surface area (Å²) in [6.45, 7) is 11.0. The predicted octanol–water partition coefficient (Wildman–Crippen LogP) is 3.93. The topological polar surface area (TPSA) is 38.3 Å². The maximum atomic E-state index is 12.5. The fourth-order valence-corrected chi connectivity index (χ4v) is 6.14. The minimum absolute atomic E-state index is 0.0621. The monoisotopic (exact) mass is 337 g/mol. The molecule has 1 atom stereocenters. The van der Waals surface area contributed by atoms with Gasteiger partial charge in [-0.15, -0.1) is 23.5 Å². The number of ether oxygens (including phenoxy) is 1. The van der Waals surface area contributed by atoms with Crippen molar-refractivity contribution in [2.24, 2.45) is 0 Å². The highest BCUT2D eigenvalue weighted by Crippen LogP contribution is 2.49. The maximum absolute atomic E-state index is 12.5. The van der Waals surface area contributed by atoms with Crippen LogP contribution in [0, 0.1) is 0 Å². The van der Waals surface area contributed by atoms with Crippen LogP contribution in [0.15, 0.2) is 0 Å². The number of carbonyl (C=O) groups is 1. The Morgan fingerprint density at radius 3 is 2.40 bits per heavy atom. The first kappa shape index (κ1) is 18.5. The molecule has 1 fully saturated rings. The molecule has 0 radical (unpaired) electrons. The number of hydrogen-bond acceptors (Lipinski definition) is 6. The van der Waals surface area contributed by atoms with Crippen molar-refractivity contribution in [2.45, 2.75) is 62.3 Å². The van der Waals surface area contributed by atoms with Crippen molar-refractivity contribution in [1.82, 2.24) is 4.72 Å². The lowest BCUT2D eigenvalue weighted by Crippen LogP contribution is -2.50. The minimum atomic E-state index is -0.468. The third kappa shape index (κ3) is 5.04. The van der Waals surface area contributed by atoms with E-state index in [0.717, 1.165) is 24.3 Å². The second kappa shape index (κ2) is 8.20. The Balaban J connectivity index is 2.85. The maximum Gasteiger partial charge on any atom is 0.334 e. The van der Waals surface area contributed by atoms with Gasteiger partial charge in [-0.3, -0.25) is 4.72 Å². The molecular formula is C14H27NO2S3. The molecule has 0 aliphatic carbocycles. The molecule has 0 amide bonds. The first-order chi connectivity index (χ1) is 9.35. The van der Waals surface area contributed by atoms with Crippen molar-refractivity contribution in [1.29, 1.82) is 0 Å². The van der Waals surface area contributed by atoms with Gasteiger partial charge in [-0.1, -0.05) is 25.3 Å². The zero-order valence-electron chi connectivity index (χ0n) is 13.2. The lowest BCUT2D eigenvalue weighted by molar-refractivity contribution is -0.143. The molecule has 118 valence electrons. The molecule has 1 aliphatic rings. The number of thioether (sulfide) groups is 2. The van der Waals surface area contributed by atoms with E-state index >= 15 is 0 Å². The van der Waals surface area contributed by atoms with E-state index in [4.69, 9.17) is 4.74 Å². The van der Waals surface area contributed by atoms with E-state index in [0.29, 0.717) is 6.61 Å². The summed E-state index contributed by atoms with van der Waals surface area (Å²) in [6, 6.07) is 0.147. The normalized spacial score (nSPS) is 19.9. The Morgan fingerprint density at radius 2 is 1.95 bits per heavy atom. The van der Waals surface area contributed by atoms with Gasteiger partial charge >= 0.3 is 5.97 Å². The van der Waals surface area contributed by atoms with Gasteiger partial charge in [0.2, 0.25) is 0 Å². The van der Waals surface area contributed by atoms with Gasteiger partial charge in [-0.2, -0.15) is 0 Å². The second-order valence-corrected chi connectivity index (χ2v) is 10.4. The Bertz CT molecular complexity index is 312. The quantitative estimate of drug-likeness (QED) is 0.560. The van der Waals surface area contributed by atoms with Gasteiger partial charge in [0, 0.05) is 16.3 Å². The Hall–Kier alpha value is 0.480. The largest absolute Gasteiger partial charge is 0.464 e. The van der Waals surface area contributed by atoms with Gasteiger partial charge in [0.1, 0.15) is 0 Å². The van der Waals surface area contributed by atoms with Crippen LogP contribution < -0.4 is 4.72 Å². The smallest absolute Gasteiger partial charge is 0.334 e. The van der Waals surface area contributed by atoms with E-state index in [1.807, 2.05) is 6.92 Å². The second-order valence-electron chi connectivity index (χ2n) is 5.76. The average Bonchev–Trinajstić information content (AvgIpc) is 2.84. The third-order valence-electron chi connectivity index (χ3n) is 2.82. The average molecular weight is 338 g/mol. The van der Waals surface area contributed by atoms with Gasteiger partial charge in [-0.25, -0.2) is 4.79 Å². The lowest BCUT2D eigenvalue weighted by Gasteiger charge is -2.35. The van der Waals surface area contributed by atoms with E-state index in [9.17, 15) is 4.79 Å². The van der Waals surface area contributed by atoms with Crippen LogP contribution in [0.5, 0.6) is 0 Å². The van der Waals surface area contributed by atoms with Crippen molar-refractivity contribution >= 4 is 41.4 Å². The molecule has 20 heavy (non-hydrogen) atoms.